The van der Waals surface area contributed by atoms with Gasteiger partial charge in [-0.3, -0.25) is 10.00 Å². The predicted octanol–water partition coefficient (Wildman–Crippen LogP) is 3.75. The van der Waals surface area contributed by atoms with Crippen LogP contribution in [0.1, 0.15) is 52.0 Å². The summed E-state index contributed by atoms with van der Waals surface area (Å²) in [5.74, 6) is 1.70. The summed E-state index contributed by atoms with van der Waals surface area (Å²) >= 11 is 2.08. The van der Waals surface area contributed by atoms with Gasteiger partial charge in [0.1, 0.15) is 0 Å². The van der Waals surface area contributed by atoms with E-state index in [0.717, 1.165) is 18.8 Å². The van der Waals surface area contributed by atoms with Gasteiger partial charge in [-0.05, 0) is 26.7 Å². The van der Waals surface area contributed by atoms with Gasteiger partial charge in [0.2, 0.25) is 0 Å². The van der Waals surface area contributed by atoms with Crippen molar-refractivity contribution in [2.75, 3.05) is 24.2 Å². The standard InChI is InChI=1S/C16H26N4OS/c1-13(2)20-9-6-14(18-20)17-15(21)19-10-11-22-16(12-19)7-4-3-5-8-16/h6,9,13H,3-5,7-8,10-12H2,1-2H3,(H,17,18,21). The Labute approximate surface area is 136 Å². The smallest absolute Gasteiger partial charge is 0.322 e. The highest BCUT2D eigenvalue weighted by Gasteiger charge is 2.38. The summed E-state index contributed by atoms with van der Waals surface area (Å²) in [7, 11) is 0. The van der Waals surface area contributed by atoms with E-state index in [2.05, 4.69) is 36.0 Å². The van der Waals surface area contributed by atoms with E-state index in [1.54, 1.807) is 0 Å². The molecule has 1 saturated carbocycles. The van der Waals surface area contributed by atoms with Crippen molar-refractivity contribution in [1.82, 2.24) is 14.7 Å². The third-order valence-electron chi connectivity index (χ3n) is 4.67. The van der Waals surface area contributed by atoms with Crippen molar-refractivity contribution in [2.24, 2.45) is 0 Å². The van der Waals surface area contributed by atoms with Crippen molar-refractivity contribution in [1.29, 1.82) is 0 Å². The number of urea groups is 1. The molecule has 0 radical (unpaired) electrons. The van der Waals surface area contributed by atoms with E-state index in [9.17, 15) is 4.79 Å². The van der Waals surface area contributed by atoms with Crippen molar-refractivity contribution < 1.29 is 4.79 Å². The van der Waals surface area contributed by atoms with Crippen LogP contribution in [0.3, 0.4) is 0 Å². The number of carbonyl (C=O) groups excluding carboxylic acids is 1. The minimum Gasteiger partial charge on any atom is -0.322 e. The Morgan fingerprint density at radius 1 is 1.36 bits per heavy atom. The minimum atomic E-state index is -0.000690. The Hall–Kier alpha value is -1.17. The lowest BCUT2D eigenvalue weighted by molar-refractivity contribution is 0.198. The molecule has 0 unspecified atom stereocenters. The van der Waals surface area contributed by atoms with Crippen molar-refractivity contribution in [2.45, 2.75) is 56.7 Å². The summed E-state index contributed by atoms with van der Waals surface area (Å²) in [6.07, 6.45) is 8.38. The van der Waals surface area contributed by atoms with Crippen LogP contribution >= 0.6 is 11.8 Å². The molecule has 0 atom stereocenters. The number of hydrogen-bond donors (Lipinski definition) is 1. The monoisotopic (exact) mass is 322 g/mol. The lowest BCUT2D eigenvalue weighted by atomic mass is 9.87. The second-order valence-corrected chi connectivity index (χ2v) is 8.28. The molecule has 1 aliphatic carbocycles. The molecular weight excluding hydrogens is 296 g/mol. The van der Waals surface area contributed by atoms with E-state index in [1.807, 2.05) is 21.8 Å². The normalized spacial score (nSPS) is 21.3. The number of rotatable bonds is 2. The third kappa shape index (κ3) is 3.42. The average molecular weight is 322 g/mol. The second-order valence-electron chi connectivity index (χ2n) is 6.72. The van der Waals surface area contributed by atoms with Gasteiger partial charge in [-0.25, -0.2) is 4.79 Å². The van der Waals surface area contributed by atoms with Gasteiger partial charge in [0.25, 0.3) is 0 Å². The molecule has 1 spiro atoms. The number of nitrogens with one attached hydrogen (secondary N) is 1. The first kappa shape index (κ1) is 15.7. The molecule has 5 nitrogen and oxygen atoms in total. The highest BCUT2D eigenvalue weighted by Crippen LogP contribution is 2.42. The second kappa shape index (κ2) is 6.52. The average Bonchev–Trinajstić information content (AvgIpc) is 2.97. The van der Waals surface area contributed by atoms with Crippen LogP contribution in [0.4, 0.5) is 10.6 Å². The van der Waals surface area contributed by atoms with E-state index < -0.39 is 0 Å². The molecule has 3 rings (SSSR count). The van der Waals surface area contributed by atoms with Gasteiger partial charge in [0, 0.05) is 41.9 Å². The van der Waals surface area contributed by atoms with Crippen LogP contribution in [0, 0.1) is 0 Å². The summed E-state index contributed by atoms with van der Waals surface area (Å²) in [4.78, 5) is 14.5. The number of carbonyl (C=O) groups is 1. The first-order valence-corrected chi connectivity index (χ1v) is 9.32. The third-order valence-corrected chi connectivity index (χ3v) is 6.21. The van der Waals surface area contributed by atoms with E-state index in [4.69, 9.17) is 0 Å². The van der Waals surface area contributed by atoms with Gasteiger partial charge < -0.3 is 4.90 Å². The molecule has 22 heavy (non-hydrogen) atoms. The van der Waals surface area contributed by atoms with Gasteiger partial charge >= 0.3 is 6.03 Å². The Bertz CT molecular complexity index is 516. The number of thioether (sulfide) groups is 1. The molecule has 2 heterocycles. The first-order chi connectivity index (χ1) is 10.6. The van der Waals surface area contributed by atoms with Gasteiger partial charge in [-0.2, -0.15) is 16.9 Å². The number of amides is 2. The molecule has 2 fully saturated rings. The number of nitrogens with zero attached hydrogens (tertiary/aromatic N) is 3. The maximum absolute atomic E-state index is 12.5. The molecule has 2 aliphatic rings. The molecule has 2 amide bonds. The predicted molar refractivity (Wildman–Crippen MR) is 91.5 cm³/mol. The van der Waals surface area contributed by atoms with Crippen molar-refractivity contribution in [3.8, 4) is 0 Å². The fourth-order valence-corrected chi connectivity index (χ4v) is 4.97. The Morgan fingerprint density at radius 2 is 2.14 bits per heavy atom. The molecule has 0 aromatic carbocycles. The van der Waals surface area contributed by atoms with Gasteiger partial charge in [0.15, 0.2) is 5.82 Å². The molecule has 1 aromatic rings. The van der Waals surface area contributed by atoms with Crippen LogP contribution in [-0.4, -0.2) is 44.3 Å². The Morgan fingerprint density at radius 3 is 2.82 bits per heavy atom. The van der Waals surface area contributed by atoms with Crippen LogP contribution in [0.5, 0.6) is 0 Å². The quantitative estimate of drug-likeness (QED) is 0.902. The van der Waals surface area contributed by atoms with Gasteiger partial charge in [0.05, 0.1) is 0 Å². The van der Waals surface area contributed by atoms with Crippen LogP contribution < -0.4 is 5.32 Å². The lowest BCUT2D eigenvalue weighted by Crippen LogP contribution is -2.51. The molecule has 1 saturated heterocycles. The molecule has 1 aromatic heterocycles. The zero-order valence-corrected chi connectivity index (χ0v) is 14.4. The van der Waals surface area contributed by atoms with Crippen LogP contribution in [-0.2, 0) is 0 Å². The van der Waals surface area contributed by atoms with E-state index >= 15 is 0 Å². The summed E-state index contributed by atoms with van der Waals surface area (Å²) in [6, 6.07) is 2.18. The molecule has 122 valence electrons. The summed E-state index contributed by atoms with van der Waals surface area (Å²) in [6.45, 7) is 5.87. The van der Waals surface area contributed by atoms with Gasteiger partial charge in [-0.15, -0.1) is 0 Å². The largest absolute Gasteiger partial charge is 0.323 e. The van der Waals surface area contributed by atoms with E-state index in [0.29, 0.717) is 16.6 Å². The Kier molecular flexibility index (Phi) is 4.66. The summed E-state index contributed by atoms with van der Waals surface area (Å²) < 4.78 is 2.18. The maximum Gasteiger partial charge on any atom is 0.323 e. The fraction of sp³-hybridized carbons (Fsp3) is 0.750. The van der Waals surface area contributed by atoms with E-state index in [1.165, 1.54) is 32.1 Å². The van der Waals surface area contributed by atoms with Crippen LogP contribution in [0.2, 0.25) is 0 Å². The van der Waals surface area contributed by atoms with Crippen LogP contribution in [0.15, 0.2) is 12.3 Å². The zero-order valence-electron chi connectivity index (χ0n) is 13.5. The van der Waals surface area contributed by atoms with Crippen molar-refractivity contribution in [3.63, 3.8) is 0 Å². The highest BCUT2D eigenvalue weighted by atomic mass is 32.2. The number of aromatic nitrogens is 2. The minimum absolute atomic E-state index is 0.000690. The number of hydrogen-bond acceptors (Lipinski definition) is 3. The Balaban J connectivity index is 1.61. The SMILES string of the molecule is CC(C)n1ccc(NC(=O)N2CCSC3(CCCCC3)C2)n1. The van der Waals surface area contributed by atoms with Gasteiger partial charge in [-0.1, -0.05) is 19.3 Å². The molecule has 1 aliphatic heterocycles. The highest BCUT2D eigenvalue weighted by molar-refractivity contribution is 8.00. The number of anilines is 1. The maximum atomic E-state index is 12.5. The lowest BCUT2D eigenvalue weighted by Gasteiger charge is -2.44. The van der Waals surface area contributed by atoms with Crippen molar-refractivity contribution in [3.05, 3.63) is 12.3 Å². The molecule has 1 N–H and O–H groups in total. The molecular formula is C16H26N4OS. The summed E-state index contributed by atoms with van der Waals surface area (Å²) in [5, 5.41) is 7.36. The first-order valence-electron chi connectivity index (χ1n) is 8.33. The van der Waals surface area contributed by atoms with Crippen LogP contribution in [0.25, 0.3) is 0 Å². The van der Waals surface area contributed by atoms with Crippen molar-refractivity contribution >= 4 is 23.6 Å². The molecule has 6 heteroatoms. The zero-order chi connectivity index (χ0) is 15.6. The molecule has 0 bridgehead atoms. The fourth-order valence-electron chi connectivity index (χ4n) is 3.40. The summed E-state index contributed by atoms with van der Waals surface area (Å²) in [5.41, 5.74) is 0. The topological polar surface area (TPSA) is 50.2 Å². The van der Waals surface area contributed by atoms with E-state index in [-0.39, 0.29) is 6.03 Å².